The number of carbonyl (C=O) groups excluding carboxylic acids is 2. The zero-order valence-electron chi connectivity index (χ0n) is 18.8. The molecule has 0 aliphatic rings. The van der Waals surface area contributed by atoms with Crippen LogP contribution < -0.4 is 21.1 Å². The molecule has 3 aromatic carbocycles. The number of imidazole rings is 1. The van der Waals surface area contributed by atoms with E-state index in [0.29, 0.717) is 18.7 Å². The average Bonchev–Trinajstić information content (AvgIpc) is 3.29. The van der Waals surface area contributed by atoms with Crippen molar-refractivity contribution in [2.24, 2.45) is 5.73 Å². The molecule has 4 rings (SSSR count). The molecule has 0 saturated carbocycles. The standard InChI is InChI=1S/C26H27N5O3/c1-34-19-13-11-18(12-14-19)16-23(25-28-20-9-5-6-10-21(20)29-25)31-26(33)30-22(24(27)32)15-17-7-3-2-4-8-17/h2-14,22-23H,15-16H2,1H3,(H2,27,32)(H,28,29)(H2,30,31,33)/t22-,23+/m0/s1. The van der Waals surface area contributed by atoms with Crippen LogP contribution in [0.15, 0.2) is 78.9 Å². The highest BCUT2D eigenvalue weighted by Gasteiger charge is 2.23. The van der Waals surface area contributed by atoms with E-state index in [1.165, 1.54) is 0 Å². The SMILES string of the molecule is COc1ccc(C[C@@H](NC(=O)N[C@@H](Cc2ccccc2)C(N)=O)c2nc3ccccc3[nH]2)cc1. The normalized spacial score (nSPS) is 12.6. The fraction of sp³-hybridized carbons (Fsp3) is 0.192. The van der Waals surface area contributed by atoms with Gasteiger partial charge in [-0.15, -0.1) is 0 Å². The van der Waals surface area contributed by atoms with E-state index in [1.807, 2.05) is 78.9 Å². The molecule has 0 fully saturated rings. The molecule has 174 valence electrons. The molecule has 0 aliphatic carbocycles. The molecule has 0 unspecified atom stereocenters. The highest BCUT2D eigenvalue weighted by Crippen LogP contribution is 2.21. The van der Waals surface area contributed by atoms with Gasteiger partial charge in [0.2, 0.25) is 5.91 Å². The first kappa shape index (κ1) is 22.8. The molecule has 3 amide bonds. The number of benzene rings is 3. The number of nitrogens with two attached hydrogens (primary N) is 1. The summed E-state index contributed by atoms with van der Waals surface area (Å²) in [7, 11) is 1.61. The van der Waals surface area contributed by atoms with Gasteiger partial charge in [-0.25, -0.2) is 9.78 Å². The smallest absolute Gasteiger partial charge is 0.316 e. The first-order chi connectivity index (χ1) is 16.5. The van der Waals surface area contributed by atoms with Crippen molar-refractivity contribution < 1.29 is 14.3 Å². The number of hydrogen-bond donors (Lipinski definition) is 4. The van der Waals surface area contributed by atoms with Crippen LogP contribution in [0.5, 0.6) is 5.75 Å². The lowest BCUT2D eigenvalue weighted by Crippen LogP contribution is -2.50. The Kier molecular flexibility index (Phi) is 7.07. The summed E-state index contributed by atoms with van der Waals surface area (Å²) in [4.78, 5) is 32.9. The van der Waals surface area contributed by atoms with Gasteiger partial charge >= 0.3 is 6.03 Å². The van der Waals surface area contributed by atoms with Crippen LogP contribution in [-0.2, 0) is 17.6 Å². The highest BCUT2D eigenvalue weighted by atomic mass is 16.5. The van der Waals surface area contributed by atoms with Crippen LogP contribution in [0.4, 0.5) is 4.79 Å². The van der Waals surface area contributed by atoms with Gasteiger partial charge in [0.15, 0.2) is 0 Å². The predicted molar refractivity (Wildman–Crippen MR) is 130 cm³/mol. The van der Waals surface area contributed by atoms with Crippen LogP contribution in [0, 0.1) is 0 Å². The van der Waals surface area contributed by atoms with E-state index in [1.54, 1.807) is 7.11 Å². The maximum Gasteiger partial charge on any atom is 0.316 e. The summed E-state index contributed by atoms with van der Waals surface area (Å²) in [5, 5.41) is 5.68. The van der Waals surface area contributed by atoms with Crippen LogP contribution in [-0.4, -0.2) is 35.1 Å². The maximum atomic E-state index is 12.9. The number of fused-ring (bicyclic) bond motifs is 1. The molecule has 0 aliphatic heterocycles. The van der Waals surface area contributed by atoms with Crippen LogP contribution in [0.3, 0.4) is 0 Å². The summed E-state index contributed by atoms with van der Waals surface area (Å²) in [6, 6.07) is 22.9. The van der Waals surface area contributed by atoms with Gasteiger partial charge in [-0.05, 0) is 41.8 Å². The number of methoxy groups -OCH3 is 1. The molecule has 5 N–H and O–H groups in total. The number of ether oxygens (including phenoxy) is 1. The van der Waals surface area contributed by atoms with Crippen molar-refractivity contribution in [3.8, 4) is 5.75 Å². The van der Waals surface area contributed by atoms with Crippen molar-refractivity contribution >= 4 is 23.0 Å². The third-order valence-corrected chi connectivity index (χ3v) is 5.57. The summed E-state index contributed by atoms with van der Waals surface area (Å²) in [6.07, 6.45) is 0.786. The minimum Gasteiger partial charge on any atom is -0.497 e. The molecule has 4 aromatic rings. The van der Waals surface area contributed by atoms with Crippen molar-refractivity contribution in [3.05, 3.63) is 95.8 Å². The van der Waals surface area contributed by atoms with E-state index in [-0.39, 0.29) is 0 Å². The van der Waals surface area contributed by atoms with Gasteiger partial charge in [-0.2, -0.15) is 0 Å². The molecule has 2 atom stereocenters. The first-order valence-corrected chi connectivity index (χ1v) is 11.0. The number of urea groups is 1. The fourth-order valence-electron chi connectivity index (χ4n) is 3.78. The van der Waals surface area contributed by atoms with Gasteiger partial charge in [-0.1, -0.05) is 54.6 Å². The summed E-state index contributed by atoms with van der Waals surface area (Å²) < 4.78 is 5.24. The largest absolute Gasteiger partial charge is 0.497 e. The topological polar surface area (TPSA) is 122 Å². The van der Waals surface area contributed by atoms with Crippen molar-refractivity contribution in [2.75, 3.05) is 7.11 Å². The Morgan fingerprint density at radius 1 is 0.912 bits per heavy atom. The summed E-state index contributed by atoms with van der Waals surface area (Å²) in [5.74, 6) is 0.764. The number of aromatic nitrogens is 2. The molecule has 0 bridgehead atoms. The van der Waals surface area contributed by atoms with E-state index in [9.17, 15) is 9.59 Å². The fourth-order valence-corrected chi connectivity index (χ4v) is 3.78. The van der Waals surface area contributed by atoms with Crippen LogP contribution in [0.25, 0.3) is 11.0 Å². The first-order valence-electron chi connectivity index (χ1n) is 11.0. The third kappa shape index (κ3) is 5.72. The second kappa shape index (κ2) is 10.5. The number of amides is 3. The van der Waals surface area contributed by atoms with Crippen molar-refractivity contribution in [2.45, 2.75) is 24.9 Å². The number of primary amides is 1. The lowest BCUT2D eigenvalue weighted by atomic mass is 10.0. The molecule has 0 saturated heterocycles. The minimum atomic E-state index is -0.847. The Hall–Kier alpha value is -4.33. The van der Waals surface area contributed by atoms with Gasteiger partial charge in [0.1, 0.15) is 17.6 Å². The zero-order chi connectivity index (χ0) is 23.9. The number of hydrogen-bond acceptors (Lipinski definition) is 4. The second-order valence-electron chi connectivity index (χ2n) is 8.01. The van der Waals surface area contributed by atoms with Crippen molar-refractivity contribution in [3.63, 3.8) is 0 Å². The average molecular weight is 458 g/mol. The number of para-hydroxylation sites is 2. The molecule has 1 aromatic heterocycles. The lowest BCUT2D eigenvalue weighted by Gasteiger charge is -2.21. The molecule has 0 radical (unpaired) electrons. The van der Waals surface area contributed by atoms with E-state index < -0.39 is 24.0 Å². The monoisotopic (exact) mass is 457 g/mol. The molecule has 1 heterocycles. The van der Waals surface area contributed by atoms with Crippen molar-refractivity contribution in [1.29, 1.82) is 0 Å². The second-order valence-corrected chi connectivity index (χ2v) is 8.01. The molecular formula is C26H27N5O3. The van der Waals surface area contributed by atoms with Crippen LogP contribution in [0.1, 0.15) is 23.0 Å². The molecule has 8 nitrogen and oxygen atoms in total. The summed E-state index contributed by atoms with van der Waals surface area (Å²) >= 11 is 0. The number of nitrogens with zero attached hydrogens (tertiary/aromatic N) is 1. The predicted octanol–water partition coefficient (Wildman–Crippen LogP) is 3.25. The Balaban J connectivity index is 1.53. The van der Waals surface area contributed by atoms with E-state index in [0.717, 1.165) is 27.9 Å². The van der Waals surface area contributed by atoms with Gasteiger partial charge in [0.25, 0.3) is 0 Å². The quantitative estimate of drug-likeness (QED) is 0.308. The Morgan fingerprint density at radius 2 is 1.59 bits per heavy atom. The molecule has 34 heavy (non-hydrogen) atoms. The number of aromatic amines is 1. The lowest BCUT2D eigenvalue weighted by molar-refractivity contribution is -0.119. The zero-order valence-corrected chi connectivity index (χ0v) is 18.8. The Bertz CT molecular complexity index is 1220. The van der Waals surface area contributed by atoms with E-state index in [2.05, 4.69) is 20.6 Å². The molecule has 0 spiro atoms. The Labute approximate surface area is 197 Å². The van der Waals surface area contributed by atoms with Crippen LogP contribution in [0.2, 0.25) is 0 Å². The molecular weight excluding hydrogens is 430 g/mol. The number of nitrogens with one attached hydrogen (secondary N) is 3. The third-order valence-electron chi connectivity index (χ3n) is 5.57. The number of carbonyl (C=O) groups is 2. The summed E-state index contributed by atoms with van der Waals surface area (Å²) in [5.41, 5.74) is 9.13. The van der Waals surface area contributed by atoms with Gasteiger partial charge < -0.3 is 26.1 Å². The van der Waals surface area contributed by atoms with E-state index >= 15 is 0 Å². The van der Waals surface area contributed by atoms with Gasteiger partial charge in [-0.3, -0.25) is 4.79 Å². The summed E-state index contributed by atoms with van der Waals surface area (Å²) in [6.45, 7) is 0. The highest BCUT2D eigenvalue weighted by molar-refractivity contribution is 5.86. The maximum absolute atomic E-state index is 12.9. The number of H-pyrrole nitrogens is 1. The van der Waals surface area contributed by atoms with Gasteiger partial charge in [0.05, 0.1) is 24.2 Å². The van der Waals surface area contributed by atoms with Crippen molar-refractivity contribution in [1.82, 2.24) is 20.6 Å². The van der Waals surface area contributed by atoms with E-state index in [4.69, 9.17) is 10.5 Å². The van der Waals surface area contributed by atoms with Crippen LogP contribution >= 0.6 is 0 Å². The molecule has 8 heteroatoms. The Morgan fingerprint density at radius 3 is 2.26 bits per heavy atom. The number of rotatable bonds is 9. The van der Waals surface area contributed by atoms with Gasteiger partial charge in [0, 0.05) is 6.42 Å². The minimum absolute atomic E-state index is 0.303.